The Labute approximate surface area is 153 Å². The Hall–Kier alpha value is -3.08. The predicted octanol–water partition coefficient (Wildman–Crippen LogP) is 3.67. The number of amides is 1. The summed E-state index contributed by atoms with van der Waals surface area (Å²) in [7, 11) is 0. The second-order valence-electron chi connectivity index (χ2n) is 6.71. The molecule has 0 spiro atoms. The van der Waals surface area contributed by atoms with Crippen molar-refractivity contribution in [1.29, 1.82) is 0 Å². The van der Waals surface area contributed by atoms with Crippen LogP contribution in [0.15, 0.2) is 60.7 Å². The van der Waals surface area contributed by atoms with E-state index >= 15 is 0 Å². The largest absolute Gasteiger partial charge is 0.368 e. The Morgan fingerprint density at radius 2 is 1.77 bits per heavy atom. The first-order chi connectivity index (χ1) is 12.5. The van der Waals surface area contributed by atoms with E-state index in [1.54, 1.807) is 0 Å². The Balaban J connectivity index is 1.84. The fourth-order valence-electron chi connectivity index (χ4n) is 2.87. The van der Waals surface area contributed by atoms with E-state index in [1.165, 1.54) is 5.56 Å². The summed E-state index contributed by atoms with van der Waals surface area (Å²) in [4.78, 5) is 13.1. The van der Waals surface area contributed by atoms with Gasteiger partial charge in [0, 0.05) is 11.4 Å². The van der Waals surface area contributed by atoms with Crippen LogP contribution in [0.3, 0.4) is 0 Å². The van der Waals surface area contributed by atoms with Gasteiger partial charge in [-0.2, -0.15) is 5.10 Å². The third-order valence-electron chi connectivity index (χ3n) is 4.44. The summed E-state index contributed by atoms with van der Waals surface area (Å²) in [5, 5.41) is 13.5. The molecule has 1 heterocycles. The van der Waals surface area contributed by atoms with Gasteiger partial charge in [-0.1, -0.05) is 48.0 Å². The zero-order valence-electron chi connectivity index (χ0n) is 15.3. The van der Waals surface area contributed by atoms with Crippen LogP contribution in [0.4, 0.5) is 5.69 Å². The molecule has 3 N–H and O–H groups in total. The number of aromatic nitrogens is 2. The molecule has 2 aromatic carbocycles. The summed E-state index contributed by atoms with van der Waals surface area (Å²) in [5.41, 5.74) is 3.85. The Bertz CT molecular complexity index is 871. The maximum absolute atomic E-state index is 13.1. The van der Waals surface area contributed by atoms with E-state index in [-0.39, 0.29) is 5.91 Å². The second-order valence-corrected chi connectivity index (χ2v) is 6.71. The molecule has 0 aliphatic carbocycles. The third-order valence-corrected chi connectivity index (χ3v) is 4.44. The van der Waals surface area contributed by atoms with Crippen molar-refractivity contribution in [3.63, 3.8) is 0 Å². The summed E-state index contributed by atoms with van der Waals surface area (Å²) in [6.45, 7) is 6.25. The molecule has 134 valence electrons. The Kier molecular flexibility index (Phi) is 5.07. The highest BCUT2D eigenvalue weighted by molar-refractivity contribution is 5.90. The van der Waals surface area contributed by atoms with Gasteiger partial charge in [0.1, 0.15) is 5.54 Å². The molecule has 1 amide bonds. The van der Waals surface area contributed by atoms with Crippen molar-refractivity contribution in [3.8, 4) is 0 Å². The summed E-state index contributed by atoms with van der Waals surface area (Å²) >= 11 is 0. The lowest BCUT2D eigenvalue weighted by Crippen LogP contribution is -2.47. The number of hydrogen-bond donors (Lipinski definition) is 3. The summed E-state index contributed by atoms with van der Waals surface area (Å²) in [6.07, 6.45) is 0. The number of benzene rings is 2. The van der Waals surface area contributed by atoms with E-state index in [1.807, 2.05) is 81.4 Å². The second kappa shape index (κ2) is 7.44. The van der Waals surface area contributed by atoms with Crippen LogP contribution in [0.5, 0.6) is 0 Å². The summed E-state index contributed by atoms with van der Waals surface area (Å²) in [5.74, 6) is -0.107. The lowest BCUT2D eigenvalue weighted by Gasteiger charge is -2.31. The van der Waals surface area contributed by atoms with Gasteiger partial charge in [0.25, 0.3) is 0 Å². The van der Waals surface area contributed by atoms with Gasteiger partial charge in [-0.15, -0.1) is 0 Å². The number of nitrogens with zero attached hydrogens (tertiary/aromatic N) is 1. The fourth-order valence-corrected chi connectivity index (χ4v) is 2.87. The first kappa shape index (κ1) is 17.7. The molecule has 0 aliphatic heterocycles. The molecule has 0 saturated heterocycles. The molecule has 0 bridgehead atoms. The molecule has 0 fully saturated rings. The molecular formula is C21H24N4O. The highest BCUT2D eigenvalue weighted by Crippen LogP contribution is 2.27. The number of aryl methyl sites for hydroxylation is 2. The highest BCUT2D eigenvalue weighted by Gasteiger charge is 2.35. The third kappa shape index (κ3) is 3.94. The zero-order valence-corrected chi connectivity index (χ0v) is 15.3. The topological polar surface area (TPSA) is 69.8 Å². The van der Waals surface area contributed by atoms with E-state index in [9.17, 15) is 4.79 Å². The van der Waals surface area contributed by atoms with Gasteiger partial charge < -0.3 is 10.6 Å². The minimum absolute atomic E-state index is 0.107. The first-order valence-corrected chi connectivity index (χ1v) is 8.67. The standard InChI is InChI=1S/C21H24N4O/c1-15-9-11-18(12-10-15)23-21(3,17-7-5-4-6-8-17)20(26)22-14-19-13-16(2)24-25-19/h4-13,23H,14H2,1-3H3,(H,22,26)(H,24,25). The first-order valence-electron chi connectivity index (χ1n) is 8.67. The van der Waals surface area contributed by atoms with Crippen LogP contribution < -0.4 is 10.6 Å². The fraction of sp³-hybridized carbons (Fsp3) is 0.238. The molecule has 0 saturated carbocycles. The van der Waals surface area contributed by atoms with Crippen molar-refractivity contribution in [2.75, 3.05) is 5.32 Å². The average Bonchev–Trinajstić information content (AvgIpc) is 3.07. The van der Waals surface area contributed by atoms with Crippen molar-refractivity contribution in [3.05, 3.63) is 83.2 Å². The van der Waals surface area contributed by atoms with E-state index in [2.05, 4.69) is 20.8 Å². The molecule has 1 aromatic heterocycles. The van der Waals surface area contributed by atoms with Crippen LogP contribution in [0.25, 0.3) is 0 Å². The monoisotopic (exact) mass is 348 g/mol. The van der Waals surface area contributed by atoms with Crippen molar-refractivity contribution in [2.45, 2.75) is 32.9 Å². The summed E-state index contributed by atoms with van der Waals surface area (Å²) in [6, 6.07) is 19.7. The Morgan fingerprint density at radius 3 is 2.38 bits per heavy atom. The van der Waals surface area contributed by atoms with Crippen LogP contribution in [0.2, 0.25) is 0 Å². The molecule has 5 nitrogen and oxygen atoms in total. The number of nitrogens with one attached hydrogen (secondary N) is 3. The van der Waals surface area contributed by atoms with E-state index in [0.29, 0.717) is 6.54 Å². The number of carbonyl (C=O) groups is 1. The minimum Gasteiger partial charge on any atom is -0.368 e. The van der Waals surface area contributed by atoms with Crippen LogP contribution in [-0.4, -0.2) is 16.1 Å². The molecule has 26 heavy (non-hydrogen) atoms. The molecule has 3 rings (SSSR count). The minimum atomic E-state index is -0.901. The number of rotatable bonds is 6. The van der Waals surface area contributed by atoms with Gasteiger partial charge in [-0.25, -0.2) is 0 Å². The van der Waals surface area contributed by atoms with Crippen molar-refractivity contribution in [1.82, 2.24) is 15.5 Å². The highest BCUT2D eigenvalue weighted by atomic mass is 16.2. The van der Waals surface area contributed by atoms with Crippen molar-refractivity contribution in [2.24, 2.45) is 0 Å². The van der Waals surface area contributed by atoms with Gasteiger partial charge >= 0.3 is 0 Å². The maximum Gasteiger partial charge on any atom is 0.250 e. The van der Waals surface area contributed by atoms with E-state index in [0.717, 1.165) is 22.6 Å². The molecule has 0 aliphatic rings. The van der Waals surface area contributed by atoms with Crippen LogP contribution in [0, 0.1) is 13.8 Å². The number of hydrogen-bond acceptors (Lipinski definition) is 3. The van der Waals surface area contributed by atoms with Crippen LogP contribution in [-0.2, 0) is 16.9 Å². The molecule has 3 aromatic rings. The zero-order chi connectivity index (χ0) is 18.6. The number of H-pyrrole nitrogens is 1. The lowest BCUT2D eigenvalue weighted by molar-refractivity contribution is -0.125. The molecule has 1 unspecified atom stereocenters. The number of anilines is 1. The van der Waals surface area contributed by atoms with Crippen LogP contribution in [0.1, 0.15) is 29.4 Å². The number of carbonyl (C=O) groups excluding carboxylic acids is 1. The van der Waals surface area contributed by atoms with Gasteiger partial charge in [0.15, 0.2) is 0 Å². The number of aromatic amines is 1. The predicted molar refractivity (Wildman–Crippen MR) is 104 cm³/mol. The quantitative estimate of drug-likeness (QED) is 0.636. The van der Waals surface area contributed by atoms with Gasteiger partial charge in [-0.05, 0) is 44.5 Å². The van der Waals surface area contributed by atoms with Crippen LogP contribution >= 0.6 is 0 Å². The summed E-state index contributed by atoms with van der Waals surface area (Å²) < 4.78 is 0. The van der Waals surface area contributed by atoms with Crippen molar-refractivity contribution >= 4 is 11.6 Å². The molecule has 1 atom stereocenters. The SMILES string of the molecule is Cc1ccc(NC(C)(C(=O)NCc2cc(C)[nH]n2)c2ccccc2)cc1. The van der Waals surface area contributed by atoms with Crippen molar-refractivity contribution < 1.29 is 4.79 Å². The molecule has 0 radical (unpaired) electrons. The Morgan fingerprint density at radius 1 is 1.08 bits per heavy atom. The molecular weight excluding hydrogens is 324 g/mol. The maximum atomic E-state index is 13.1. The normalized spacial score (nSPS) is 13.0. The van der Waals surface area contributed by atoms with Gasteiger partial charge in [0.05, 0.1) is 12.2 Å². The smallest absolute Gasteiger partial charge is 0.250 e. The van der Waals surface area contributed by atoms with E-state index in [4.69, 9.17) is 0 Å². The van der Waals surface area contributed by atoms with Gasteiger partial charge in [0.2, 0.25) is 5.91 Å². The van der Waals surface area contributed by atoms with E-state index < -0.39 is 5.54 Å². The van der Waals surface area contributed by atoms with Gasteiger partial charge in [-0.3, -0.25) is 9.89 Å². The average molecular weight is 348 g/mol. The molecule has 5 heteroatoms. The lowest BCUT2D eigenvalue weighted by atomic mass is 9.90.